The molecule has 0 spiro atoms. The van der Waals surface area contributed by atoms with Crippen molar-refractivity contribution in [1.29, 1.82) is 0 Å². The number of thioether (sulfide) groups is 1. The molecular formula is C18H24N4O3S. The second-order valence-electron chi connectivity index (χ2n) is 6.60. The minimum Gasteiger partial charge on any atom is -0.465 e. The van der Waals surface area contributed by atoms with Gasteiger partial charge in [-0.05, 0) is 39.2 Å². The minimum atomic E-state index is -0.432. The third-order valence-corrected chi connectivity index (χ3v) is 5.88. The molecule has 0 bridgehead atoms. The predicted octanol–water partition coefficient (Wildman–Crippen LogP) is 3.10. The standard InChI is InChI=1S/C18H24N4O3S/c1-10-14(17(24)25-4)11(2)19-15(10)16(23)12(3)26-18-21-20-13-8-6-5-7-9-22(13)18/h12,19H,5-9H2,1-4H3/t12-/m0/s1. The normalized spacial score (nSPS) is 15.2. The van der Waals surface area contributed by atoms with Crippen LogP contribution in [-0.2, 0) is 17.7 Å². The van der Waals surface area contributed by atoms with Crippen molar-refractivity contribution >= 4 is 23.5 Å². The van der Waals surface area contributed by atoms with Crippen molar-refractivity contribution in [2.24, 2.45) is 0 Å². The third kappa shape index (κ3) is 3.42. The number of hydrogen-bond donors (Lipinski definition) is 1. The Morgan fingerprint density at radius 1 is 1.23 bits per heavy atom. The fraction of sp³-hybridized carbons (Fsp3) is 0.556. The van der Waals surface area contributed by atoms with Gasteiger partial charge in [-0.25, -0.2) is 4.79 Å². The highest BCUT2D eigenvalue weighted by Gasteiger charge is 2.27. The van der Waals surface area contributed by atoms with Crippen LogP contribution >= 0.6 is 11.8 Å². The molecule has 26 heavy (non-hydrogen) atoms. The molecule has 0 fully saturated rings. The maximum atomic E-state index is 12.9. The van der Waals surface area contributed by atoms with Gasteiger partial charge in [-0.3, -0.25) is 4.79 Å². The van der Waals surface area contributed by atoms with Crippen LogP contribution in [0.15, 0.2) is 5.16 Å². The molecule has 1 aliphatic rings. The lowest BCUT2D eigenvalue weighted by Crippen LogP contribution is -2.16. The van der Waals surface area contributed by atoms with E-state index in [-0.39, 0.29) is 11.0 Å². The molecule has 1 N–H and O–H groups in total. The van der Waals surface area contributed by atoms with Gasteiger partial charge in [-0.1, -0.05) is 18.2 Å². The largest absolute Gasteiger partial charge is 0.465 e. The van der Waals surface area contributed by atoms with E-state index in [1.165, 1.54) is 25.3 Å². The lowest BCUT2D eigenvalue weighted by atomic mass is 10.1. The Balaban J connectivity index is 1.81. The Morgan fingerprint density at radius 2 is 2.00 bits per heavy atom. The number of nitrogens with one attached hydrogen (secondary N) is 1. The van der Waals surface area contributed by atoms with E-state index in [4.69, 9.17) is 4.74 Å². The fourth-order valence-electron chi connectivity index (χ4n) is 3.37. The molecule has 7 nitrogen and oxygen atoms in total. The number of esters is 1. The van der Waals surface area contributed by atoms with Crippen molar-refractivity contribution in [2.45, 2.75) is 63.4 Å². The zero-order valence-electron chi connectivity index (χ0n) is 15.6. The van der Waals surface area contributed by atoms with Gasteiger partial charge >= 0.3 is 5.97 Å². The summed E-state index contributed by atoms with van der Waals surface area (Å²) < 4.78 is 6.95. The van der Waals surface area contributed by atoms with Gasteiger partial charge in [-0.2, -0.15) is 0 Å². The molecule has 2 aromatic rings. The molecule has 3 rings (SSSR count). The molecular weight excluding hydrogens is 352 g/mol. The van der Waals surface area contributed by atoms with Gasteiger partial charge in [-0.15, -0.1) is 10.2 Å². The van der Waals surface area contributed by atoms with E-state index < -0.39 is 5.97 Å². The van der Waals surface area contributed by atoms with E-state index in [0.717, 1.165) is 36.8 Å². The number of carbonyl (C=O) groups excluding carboxylic acids is 2. The number of fused-ring (bicyclic) bond motifs is 1. The molecule has 1 aliphatic heterocycles. The van der Waals surface area contributed by atoms with Crippen molar-refractivity contribution in [2.75, 3.05) is 7.11 Å². The number of carbonyl (C=O) groups is 2. The van der Waals surface area contributed by atoms with Gasteiger partial charge in [0, 0.05) is 18.7 Å². The van der Waals surface area contributed by atoms with Crippen LogP contribution in [0.5, 0.6) is 0 Å². The topological polar surface area (TPSA) is 89.9 Å². The first-order chi connectivity index (χ1) is 12.4. The predicted molar refractivity (Wildman–Crippen MR) is 98.8 cm³/mol. The molecule has 0 aliphatic carbocycles. The van der Waals surface area contributed by atoms with E-state index in [1.54, 1.807) is 13.8 Å². The number of aromatic amines is 1. The Hall–Kier alpha value is -2.09. The summed E-state index contributed by atoms with van der Waals surface area (Å²) in [6, 6.07) is 0. The smallest absolute Gasteiger partial charge is 0.339 e. The van der Waals surface area contributed by atoms with E-state index in [1.807, 2.05) is 6.92 Å². The van der Waals surface area contributed by atoms with Gasteiger partial charge < -0.3 is 14.3 Å². The van der Waals surface area contributed by atoms with Crippen molar-refractivity contribution in [3.8, 4) is 0 Å². The Labute approximate surface area is 156 Å². The number of Topliss-reactive ketones (excluding diaryl/α,β-unsaturated/α-hetero) is 1. The van der Waals surface area contributed by atoms with E-state index >= 15 is 0 Å². The van der Waals surface area contributed by atoms with Crippen LogP contribution in [0.1, 0.15) is 64.1 Å². The van der Waals surface area contributed by atoms with Crippen molar-refractivity contribution in [1.82, 2.24) is 19.7 Å². The number of H-pyrrole nitrogens is 1. The molecule has 0 amide bonds. The van der Waals surface area contributed by atoms with Crippen LogP contribution in [0.4, 0.5) is 0 Å². The molecule has 0 unspecified atom stereocenters. The number of hydrogen-bond acceptors (Lipinski definition) is 6. The fourth-order valence-corrected chi connectivity index (χ4v) is 4.32. The summed E-state index contributed by atoms with van der Waals surface area (Å²) in [7, 11) is 1.34. The first-order valence-electron chi connectivity index (χ1n) is 8.84. The molecule has 140 valence electrons. The quantitative estimate of drug-likeness (QED) is 0.490. The number of rotatable bonds is 5. The van der Waals surface area contributed by atoms with E-state index in [9.17, 15) is 9.59 Å². The van der Waals surface area contributed by atoms with Crippen molar-refractivity contribution in [3.05, 3.63) is 28.3 Å². The lowest BCUT2D eigenvalue weighted by molar-refractivity contribution is 0.0599. The Bertz CT molecular complexity index is 840. The van der Waals surface area contributed by atoms with E-state index in [0.29, 0.717) is 22.5 Å². The molecule has 1 atom stereocenters. The molecule has 8 heteroatoms. The second kappa shape index (κ2) is 7.65. The monoisotopic (exact) mass is 376 g/mol. The minimum absolute atomic E-state index is 0.0586. The maximum absolute atomic E-state index is 12.9. The van der Waals surface area contributed by atoms with Crippen molar-refractivity contribution < 1.29 is 14.3 Å². The Morgan fingerprint density at radius 3 is 2.73 bits per heavy atom. The number of ketones is 1. The SMILES string of the molecule is COC(=O)c1c(C)[nH]c(C(=O)[C@H](C)Sc2nnc3n2CCCCC3)c1C. The number of aryl methyl sites for hydroxylation is 2. The summed E-state index contributed by atoms with van der Waals surface area (Å²) in [6.07, 6.45) is 4.37. The highest BCUT2D eigenvalue weighted by molar-refractivity contribution is 8.00. The summed E-state index contributed by atoms with van der Waals surface area (Å²) in [4.78, 5) is 27.9. The van der Waals surface area contributed by atoms with Crippen LogP contribution in [0.2, 0.25) is 0 Å². The van der Waals surface area contributed by atoms with Gasteiger partial charge in [0.25, 0.3) is 0 Å². The molecule has 3 heterocycles. The average molecular weight is 376 g/mol. The van der Waals surface area contributed by atoms with E-state index in [2.05, 4.69) is 19.7 Å². The molecule has 2 aromatic heterocycles. The number of aromatic nitrogens is 4. The van der Waals surface area contributed by atoms with Crippen LogP contribution in [0, 0.1) is 13.8 Å². The summed E-state index contributed by atoms with van der Waals surface area (Å²) >= 11 is 1.42. The Kier molecular flexibility index (Phi) is 5.50. The number of methoxy groups -OCH3 is 1. The van der Waals surface area contributed by atoms with Gasteiger partial charge in [0.2, 0.25) is 0 Å². The maximum Gasteiger partial charge on any atom is 0.339 e. The highest BCUT2D eigenvalue weighted by Crippen LogP contribution is 2.29. The zero-order valence-corrected chi connectivity index (χ0v) is 16.4. The van der Waals surface area contributed by atoms with Crippen LogP contribution in [-0.4, -0.2) is 43.9 Å². The molecule has 0 aromatic carbocycles. The first kappa shape index (κ1) is 18.7. The first-order valence-corrected chi connectivity index (χ1v) is 9.72. The average Bonchev–Trinajstić information content (AvgIpc) is 3.03. The molecule has 0 radical (unpaired) electrons. The lowest BCUT2D eigenvalue weighted by Gasteiger charge is -2.11. The van der Waals surface area contributed by atoms with Gasteiger partial charge in [0.1, 0.15) is 5.82 Å². The van der Waals surface area contributed by atoms with Crippen LogP contribution in [0.25, 0.3) is 0 Å². The number of ether oxygens (including phenoxy) is 1. The highest BCUT2D eigenvalue weighted by atomic mass is 32.2. The summed E-state index contributed by atoms with van der Waals surface area (Å²) in [5.41, 5.74) is 2.17. The second-order valence-corrected chi connectivity index (χ2v) is 7.91. The summed E-state index contributed by atoms with van der Waals surface area (Å²) in [5, 5.41) is 9.02. The van der Waals surface area contributed by atoms with Gasteiger partial charge in [0.15, 0.2) is 10.9 Å². The zero-order chi connectivity index (χ0) is 18.8. The molecule has 0 saturated carbocycles. The number of nitrogens with zero attached hydrogens (tertiary/aromatic N) is 3. The summed E-state index contributed by atoms with van der Waals surface area (Å²) in [6.45, 7) is 6.30. The third-order valence-electron chi connectivity index (χ3n) is 4.80. The van der Waals surface area contributed by atoms with Crippen molar-refractivity contribution in [3.63, 3.8) is 0 Å². The molecule has 0 saturated heterocycles. The summed E-state index contributed by atoms with van der Waals surface area (Å²) in [5.74, 6) is 0.514. The van der Waals surface area contributed by atoms with Crippen LogP contribution in [0.3, 0.4) is 0 Å². The van der Waals surface area contributed by atoms with Gasteiger partial charge in [0.05, 0.1) is 23.6 Å². The van der Waals surface area contributed by atoms with Crippen LogP contribution < -0.4 is 0 Å².